The molecule has 4 unspecified atom stereocenters. The second kappa shape index (κ2) is 14.2. The standard InChI is InChI=1S/C34H47N2PS/c1-10-31(35-33-25(5)19-23(3)20-26(33)6)32(11-2)36(34-27(7)21-24(4)22-28(34)8)37-38-29(9)17-18-30-15-13-12-14-16-30/h12-22,29,31-32,35,37H,10-11H2,1-9H3/b18-17+. The third-order valence-electron chi connectivity index (χ3n) is 7.23. The van der Waals surface area contributed by atoms with E-state index in [1.807, 2.05) is 11.4 Å². The third-order valence-corrected chi connectivity index (χ3v) is 10.6. The van der Waals surface area contributed by atoms with Gasteiger partial charge in [0.15, 0.2) is 0 Å². The van der Waals surface area contributed by atoms with Gasteiger partial charge >= 0.3 is 0 Å². The molecule has 0 aliphatic carbocycles. The molecule has 0 fully saturated rings. The molecule has 0 aliphatic heterocycles. The Labute approximate surface area is 238 Å². The molecule has 3 aromatic rings. The van der Waals surface area contributed by atoms with Crippen LogP contribution in [0.15, 0.2) is 60.7 Å². The fraction of sp³-hybridized carbons (Fsp3) is 0.412. The molecule has 4 heteroatoms. The smallest absolute Gasteiger partial charge is 0.0532 e. The summed E-state index contributed by atoms with van der Waals surface area (Å²) in [5.41, 5.74) is 12.0. The number of rotatable bonds is 12. The number of nitrogens with one attached hydrogen (secondary N) is 1. The SMILES string of the molecule is CCC(Nc1c(C)cc(C)cc1C)C(CC)N(PSC(C)/C=C/c1ccccc1)c1c(C)cc(C)cc1C. The molecule has 0 bridgehead atoms. The van der Waals surface area contributed by atoms with Crippen LogP contribution < -0.4 is 9.99 Å². The van der Waals surface area contributed by atoms with Crippen molar-refractivity contribution in [3.05, 3.63) is 99.6 Å². The molecule has 0 saturated heterocycles. The Hall–Kier alpha value is -2.22. The van der Waals surface area contributed by atoms with E-state index in [1.165, 1.54) is 50.3 Å². The Balaban J connectivity index is 1.93. The first kappa shape index (κ1) is 30.3. The summed E-state index contributed by atoms with van der Waals surface area (Å²) in [6.07, 6.45) is 6.76. The van der Waals surface area contributed by atoms with Crippen LogP contribution in [0.25, 0.3) is 6.08 Å². The van der Waals surface area contributed by atoms with Gasteiger partial charge < -0.3 is 9.99 Å². The van der Waals surface area contributed by atoms with Gasteiger partial charge in [0.2, 0.25) is 0 Å². The predicted molar refractivity (Wildman–Crippen MR) is 176 cm³/mol. The number of aryl methyl sites for hydroxylation is 6. The van der Waals surface area contributed by atoms with Crippen LogP contribution in [0.2, 0.25) is 0 Å². The molecule has 204 valence electrons. The summed E-state index contributed by atoms with van der Waals surface area (Å²) in [6, 6.07) is 20.6. The highest BCUT2D eigenvalue weighted by molar-refractivity contribution is 8.50. The maximum atomic E-state index is 4.02. The number of nitrogens with zero attached hydrogens (tertiary/aromatic N) is 1. The van der Waals surface area contributed by atoms with Gasteiger partial charge in [-0.1, -0.05) is 91.7 Å². The minimum Gasteiger partial charge on any atom is -0.380 e. The van der Waals surface area contributed by atoms with Gasteiger partial charge in [0, 0.05) is 30.6 Å². The van der Waals surface area contributed by atoms with Gasteiger partial charge in [-0.25, -0.2) is 0 Å². The number of hydrogen-bond acceptors (Lipinski definition) is 3. The van der Waals surface area contributed by atoms with Crippen LogP contribution in [0.1, 0.15) is 72.6 Å². The van der Waals surface area contributed by atoms with Crippen LogP contribution >= 0.6 is 19.3 Å². The van der Waals surface area contributed by atoms with Crippen LogP contribution in [0.5, 0.6) is 0 Å². The van der Waals surface area contributed by atoms with E-state index in [0.29, 0.717) is 25.3 Å². The van der Waals surface area contributed by atoms with Crippen LogP contribution in [-0.2, 0) is 0 Å². The first-order chi connectivity index (χ1) is 18.1. The Morgan fingerprint density at radius 1 is 0.816 bits per heavy atom. The third kappa shape index (κ3) is 7.90. The van der Waals surface area contributed by atoms with Crippen LogP contribution in [0, 0.1) is 41.5 Å². The van der Waals surface area contributed by atoms with Gasteiger partial charge in [0.1, 0.15) is 0 Å². The summed E-state index contributed by atoms with van der Waals surface area (Å²) in [5, 5.41) is 4.44. The van der Waals surface area contributed by atoms with Crippen molar-refractivity contribution in [1.29, 1.82) is 0 Å². The summed E-state index contributed by atoms with van der Waals surface area (Å²) in [7, 11) is 0.633. The lowest BCUT2D eigenvalue weighted by Gasteiger charge is -2.40. The molecule has 0 spiro atoms. The Kier molecular flexibility index (Phi) is 11.4. The minimum absolute atomic E-state index is 0.350. The Morgan fingerprint density at radius 2 is 1.37 bits per heavy atom. The molecular weight excluding hydrogens is 499 g/mol. The van der Waals surface area contributed by atoms with Crippen LogP contribution in [0.4, 0.5) is 11.4 Å². The molecule has 0 saturated carbocycles. The van der Waals surface area contributed by atoms with E-state index in [4.69, 9.17) is 0 Å². The van der Waals surface area contributed by atoms with E-state index in [9.17, 15) is 0 Å². The molecule has 4 atom stereocenters. The lowest BCUT2D eigenvalue weighted by Crippen LogP contribution is -2.43. The second-order valence-corrected chi connectivity index (χ2v) is 13.6. The van der Waals surface area contributed by atoms with E-state index in [1.54, 1.807) is 0 Å². The van der Waals surface area contributed by atoms with Gasteiger partial charge in [-0.15, -0.1) is 11.4 Å². The van der Waals surface area contributed by atoms with Crippen molar-refractivity contribution in [2.75, 3.05) is 9.99 Å². The molecule has 3 aromatic carbocycles. The first-order valence-electron chi connectivity index (χ1n) is 14.0. The summed E-state index contributed by atoms with van der Waals surface area (Å²) >= 11 is 2.05. The highest BCUT2D eigenvalue weighted by atomic mass is 32.7. The van der Waals surface area contributed by atoms with Gasteiger partial charge in [-0.05, 0) is 89.1 Å². The van der Waals surface area contributed by atoms with Gasteiger partial charge in [0.05, 0.1) is 6.04 Å². The van der Waals surface area contributed by atoms with E-state index in [2.05, 4.69) is 139 Å². The Morgan fingerprint density at radius 3 is 1.89 bits per heavy atom. The minimum atomic E-state index is 0.350. The van der Waals surface area contributed by atoms with E-state index >= 15 is 0 Å². The van der Waals surface area contributed by atoms with Crippen molar-refractivity contribution in [3.63, 3.8) is 0 Å². The molecule has 0 amide bonds. The monoisotopic (exact) mass is 546 g/mol. The molecule has 0 heterocycles. The average Bonchev–Trinajstić information content (AvgIpc) is 2.86. The summed E-state index contributed by atoms with van der Waals surface area (Å²) in [6.45, 7) is 20.4. The number of benzene rings is 3. The van der Waals surface area contributed by atoms with Crippen molar-refractivity contribution in [1.82, 2.24) is 0 Å². The van der Waals surface area contributed by atoms with Crippen molar-refractivity contribution >= 4 is 36.8 Å². The molecule has 2 nitrogen and oxygen atoms in total. The summed E-state index contributed by atoms with van der Waals surface area (Å²) in [4.78, 5) is 0. The zero-order valence-electron chi connectivity index (χ0n) is 24.9. The van der Waals surface area contributed by atoms with Crippen molar-refractivity contribution in [2.24, 2.45) is 0 Å². The van der Waals surface area contributed by atoms with Crippen LogP contribution in [-0.4, -0.2) is 17.3 Å². The van der Waals surface area contributed by atoms with Crippen molar-refractivity contribution < 1.29 is 0 Å². The zero-order valence-corrected chi connectivity index (χ0v) is 26.7. The molecular formula is C34H47N2PS. The average molecular weight is 547 g/mol. The molecule has 0 radical (unpaired) electrons. The van der Waals surface area contributed by atoms with Crippen molar-refractivity contribution in [2.45, 2.75) is 92.5 Å². The largest absolute Gasteiger partial charge is 0.380 e. The van der Waals surface area contributed by atoms with Gasteiger partial charge in [0.25, 0.3) is 0 Å². The highest BCUT2D eigenvalue weighted by Crippen LogP contribution is 2.46. The van der Waals surface area contributed by atoms with Crippen LogP contribution in [0.3, 0.4) is 0 Å². The quantitative estimate of drug-likeness (QED) is 0.227. The molecule has 0 aliphatic rings. The molecule has 0 aromatic heterocycles. The zero-order chi connectivity index (χ0) is 27.8. The fourth-order valence-corrected chi connectivity index (χ4v) is 8.67. The van der Waals surface area contributed by atoms with E-state index in [0.717, 1.165) is 12.8 Å². The summed E-state index contributed by atoms with van der Waals surface area (Å²) < 4.78 is 2.72. The maximum Gasteiger partial charge on any atom is 0.0532 e. The predicted octanol–water partition coefficient (Wildman–Crippen LogP) is 10.4. The van der Waals surface area contributed by atoms with Gasteiger partial charge in [-0.3, -0.25) is 0 Å². The number of hydrogen-bond donors (Lipinski definition) is 1. The molecule has 1 N–H and O–H groups in total. The van der Waals surface area contributed by atoms with E-state index in [-0.39, 0.29) is 0 Å². The van der Waals surface area contributed by atoms with Crippen molar-refractivity contribution in [3.8, 4) is 0 Å². The number of anilines is 2. The highest BCUT2D eigenvalue weighted by Gasteiger charge is 2.29. The molecule has 3 rings (SSSR count). The van der Waals surface area contributed by atoms with Gasteiger partial charge in [-0.2, -0.15) is 0 Å². The first-order valence-corrected chi connectivity index (χ1v) is 16.6. The normalized spacial score (nSPS) is 14.2. The summed E-state index contributed by atoms with van der Waals surface area (Å²) in [5.74, 6) is 0. The molecule has 38 heavy (non-hydrogen) atoms. The topological polar surface area (TPSA) is 15.3 Å². The maximum absolute atomic E-state index is 4.02. The lowest BCUT2D eigenvalue weighted by atomic mass is 9.97. The fourth-order valence-electron chi connectivity index (χ4n) is 5.53. The second-order valence-electron chi connectivity index (χ2n) is 10.7. The Bertz CT molecular complexity index is 1170. The lowest BCUT2D eigenvalue weighted by molar-refractivity contribution is 0.533. The van der Waals surface area contributed by atoms with E-state index < -0.39 is 0 Å².